The molecule has 94 valence electrons. The fourth-order valence-electron chi connectivity index (χ4n) is 2.65. The molecule has 0 amide bonds. The number of H-pyrrole nitrogens is 1. The molecule has 0 unspecified atom stereocenters. The average molecular weight is 244 g/mol. The minimum absolute atomic E-state index is 0.0497. The zero-order valence-corrected chi connectivity index (χ0v) is 10.4. The number of aromatic amines is 1. The van der Waals surface area contributed by atoms with Gasteiger partial charge in [-0.3, -0.25) is 4.79 Å². The Morgan fingerprint density at radius 1 is 1.50 bits per heavy atom. The van der Waals surface area contributed by atoms with Crippen LogP contribution in [0.5, 0.6) is 0 Å². The van der Waals surface area contributed by atoms with Crippen molar-refractivity contribution in [2.75, 3.05) is 6.61 Å². The summed E-state index contributed by atoms with van der Waals surface area (Å²) in [6, 6.07) is 5.50. The highest BCUT2D eigenvalue weighted by Gasteiger charge is 2.43. The Kier molecular flexibility index (Phi) is 2.48. The van der Waals surface area contributed by atoms with Crippen LogP contribution in [0.15, 0.2) is 18.2 Å². The summed E-state index contributed by atoms with van der Waals surface area (Å²) >= 11 is 0. The van der Waals surface area contributed by atoms with Crippen LogP contribution in [0, 0.1) is 12.3 Å². The number of aliphatic hydroxyl groups is 1. The first kappa shape index (κ1) is 11.4. The molecule has 2 N–H and O–H groups in total. The van der Waals surface area contributed by atoms with Gasteiger partial charge in [0, 0.05) is 5.56 Å². The Morgan fingerprint density at radius 3 is 2.89 bits per heavy atom. The molecule has 1 aliphatic rings. The second-order valence-electron chi connectivity index (χ2n) is 5.18. The van der Waals surface area contributed by atoms with E-state index in [0.29, 0.717) is 5.56 Å². The molecule has 0 atom stereocenters. The third-order valence-electron chi connectivity index (χ3n) is 3.96. The van der Waals surface area contributed by atoms with Gasteiger partial charge in [-0.1, -0.05) is 6.42 Å². The predicted molar refractivity (Wildman–Crippen MR) is 68.5 cm³/mol. The van der Waals surface area contributed by atoms with Crippen molar-refractivity contribution in [2.45, 2.75) is 26.2 Å². The van der Waals surface area contributed by atoms with E-state index in [2.05, 4.69) is 9.97 Å². The summed E-state index contributed by atoms with van der Waals surface area (Å²) in [6.45, 7) is 1.84. The van der Waals surface area contributed by atoms with Gasteiger partial charge in [0.25, 0.3) is 0 Å². The maximum atomic E-state index is 12.4. The Balaban J connectivity index is 2.01. The molecule has 4 nitrogen and oxygen atoms in total. The quantitative estimate of drug-likeness (QED) is 0.813. The molecule has 1 aromatic carbocycles. The van der Waals surface area contributed by atoms with Crippen LogP contribution in [0.25, 0.3) is 11.0 Å². The predicted octanol–water partition coefficient (Wildman–Crippen LogP) is 2.22. The van der Waals surface area contributed by atoms with Crippen LogP contribution in [-0.2, 0) is 0 Å². The molecule has 2 aromatic rings. The first-order valence-electron chi connectivity index (χ1n) is 6.27. The molecule has 1 saturated carbocycles. The molecule has 1 fully saturated rings. The van der Waals surface area contributed by atoms with Crippen LogP contribution >= 0.6 is 0 Å². The number of aromatic nitrogens is 2. The summed E-state index contributed by atoms with van der Waals surface area (Å²) < 4.78 is 0. The maximum Gasteiger partial charge on any atom is 0.171 e. The molecule has 4 heteroatoms. The summed E-state index contributed by atoms with van der Waals surface area (Å²) in [5, 5.41) is 9.44. The number of imidazole rings is 1. The number of aryl methyl sites for hydroxylation is 1. The standard InChI is InChI=1S/C14H16N2O2/c1-9-15-11-4-3-10(7-12(11)16-9)13(18)14(8-17)5-2-6-14/h3-4,7,17H,2,5-6,8H2,1H3,(H,15,16). The van der Waals surface area contributed by atoms with E-state index in [1.165, 1.54) is 0 Å². The fourth-order valence-corrected chi connectivity index (χ4v) is 2.65. The molecule has 0 saturated heterocycles. The number of Topliss-reactive ketones (excluding diaryl/α,β-unsaturated/α-hetero) is 1. The van der Waals surface area contributed by atoms with E-state index in [9.17, 15) is 9.90 Å². The first-order chi connectivity index (χ1) is 8.64. The van der Waals surface area contributed by atoms with Gasteiger partial charge < -0.3 is 10.1 Å². The molecule has 1 aromatic heterocycles. The number of nitrogens with zero attached hydrogens (tertiary/aromatic N) is 1. The molecule has 0 bridgehead atoms. The number of carbonyl (C=O) groups is 1. The van der Waals surface area contributed by atoms with Crippen LogP contribution < -0.4 is 0 Å². The topological polar surface area (TPSA) is 66.0 Å². The lowest BCUT2D eigenvalue weighted by molar-refractivity contribution is 0.0348. The van der Waals surface area contributed by atoms with E-state index in [-0.39, 0.29) is 12.4 Å². The van der Waals surface area contributed by atoms with Gasteiger partial charge in [-0.2, -0.15) is 0 Å². The van der Waals surface area contributed by atoms with Gasteiger partial charge in [0.15, 0.2) is 5.78 Å². The van der Waals surface area contributed by atoms with Crippen molar-refractivity contribution in [3.63, 3.8) is 0 Å². The summed E-state index contributed by atoms with van der Waals surface area (Å²) in [4.78, 5) is 19.9. The second kappa shape index (κ2) is 3.92. The van der Waals surface area contributed by atoms with Gasteiger partial charge >= 0.3 is 0 Å². The van der Waals surface area contributed by atoms with E-state index >= 15 is 0 Å². The normalized spacial score (nSPS) is 17.7. The van der Waals surface area contributed by atoms with Crippen molar-refractivity contribution in [3.05, 3.63) is 29.6 Å². The molecule has 0 spiro atoms. The number of ketones is 1. The van der Waals surface area contributed by atoms with Crippen molar-refractivity contribution in [1.82, 2.24) is 9.97 Å². The van der Waals surface area contributed by atoms with E-state index in [0.717, 1.165) is 36.1 Å². The van der Waals surface area contributed by atoms with Gasteiger partial charge in [0.05, 0.1) is 23.1 Å². The lowest BCUT2D eigenvalue weighted by atomic mass is 9.65. The summed E-state index contributed by atoms with van der Waals surface area (Å²) in [5.74, 6) is 0.903. The molecule has 18 heavy (non-hydrogen) atoms. The highest BCUT2D eigenvalue weighted by atomic mass is 16.3. The summed E-state index contributed by atoms with van der Waals surface area (Å²) in [7, 11) is 0. The monoisotopic (exact) mass is 244 g/mol. The third kappa shape index (κ3) is 1.56. The van der Waals surface area contributed by atoms with Crippen LogP contribution in [0.1, 0.15) is 35.4 Å². The van der Waals surface area contributed by atoms with Crippen molar-refractivity contribution in [2.24, 2.45) is 5.41 Å². The third-order valence-corrected chi connectivity index (χ3v) is 3.96. The second-order valence-corrected chi connectivity index (χ2v) is 5.18. The lowest BCUT2D eigenvalue weighted by Crippen LogP contribution is -2.41. The maximum absolute atomic E-state index is 12.4. The minimum Gasteiger partial charge on any atom is -0.395 e. The molecule has 0 radical (unpaired) electrons. The molecule has 1 aliphatic carbocycles. The van der Waals surface area contributed by atoms with Crippen molar-refractivity contribution in [3.8, 4) is 0 Å². The number of benzene rings is 1. The minimum atomic E-state index is -0.525. The Hall–Kier alpha value is -1.68. The number of rotatable bonds is 3. The van der Waals surface area contributed by atoms with Crippen molar-refractivity contribution >= 4 is 16.8 Å². The summed E-state index contributed by atoms with van der Waals surface area (Å²) in [6.07, 6.45) is 2.61. The Bertz CT molecular complexity index is 606. The van der Waals surface area contributed by atoms with E-state index in [1.807, 2.05) is 19.1 Å². The molecule has 3 rings (SSSR count). The largest absolute Gasteiger partial charge is 0.395 e. The molecular weight excluding hydrogens is 228 g/mol. The van der Waals surface area contributed by atoms with Crippen LogP contribution in [0.3, 0.4) is 0 Å². The highest BCUT2D eigenvalue weighted by molar-refractivity contribution is 6.03. The number of hydrogen-bond donors (Lipinski definition) is 2. The van der Waals surface area contributed by atoms with Crippen molar-refractivity contribution < 1.29 is 9.90 Å². The van der Waals surface area contributed by atoms with Gasteiger partial charge in [0.1, 0.15) is 5.82 Å². The van der Waals surface area contributed by atoms with E-state index in [4.69, 9.17) is 0 Å². The van der Waals surface area contributed by atoms with Crippen molar-refractivity contribution in [1.29, 1.82) is 0 Å². The number of nitrogens with one attached hydrogen (secondary N) is 1. The number of carbonyl (C=O) groups excluding carboxylic acids is 1. The Labute approximate surface area is 105 Å². The van der Waals surface area contributed by atoms with Gasteiger partial charge in [0.2, 0.25) is 0 Å². The number of hydrogen-bond acceptors (Lipinski definition) is 3. The highest BCUT2D eigenvalue weighted by Crippen LogP contribution is 2.43. The number of fused-ring (bicyclic) bond motifs is 1. The average Bonchev–Trinajstić information content (AvgIpc) is 2.67. The lowest BCUT2D eigenvalue weighted by Gasteiger charge is -2.38. The summed E-state index contributed by atoms with van der Waals surface area (Å²) in [5.41, 5.74) is 1.89. The Morgan fingerprint density at radius 2 is 2.28 bits per heavy atom. The van der Waals surface area contributed by atoms with Crippen LogP contribution in [0.4, 0.5) is 0 Å². The zero-order chi connectivity index (χ0) is 12.8. The van der Waals surface area contributed by atoms with Gasteiger partial charge in [-0.15, -0.1) is 0 Å². The smallest absolute Gasteiger partial charge is 0.171 e. The SMILES string of the molecule is Cc1nc2ccc(C(=O)C3(CO)CCC3)cc2[nH]1. The molecule has 0 aliphatic heterocycles. The fraction of sp³-hybridized carbons (Fsp3) is 0.429. The van der Waals surface area contributed by atoms with Crippen LogP contribution in [0.2, 0.25) is 0 Å². The molecule has 1 heterocycles. The van der Waals surface area contributed by atoms with Gasteiger partial charge in [-0.25, -0.2) is 4.98 Å². The van der Waals surface area contributed by atoms with E-state index in [1.54, 1.807) is 6.07 Å². The molecular formula is C14H16N2O2. The first-order valence-corrected chi connectivity index (χ1v) is 6.27. The number of aliphatic hydroxyl groups excluding tert-OH is 1. The zero-order valence-electron chi connectivity index (χ0n) is 10.4. The van der Waals surface area contributed by atoms with E-state index < -0.39 is 5.41 Å². The van der Waals surface area contributed by atoms with Crippen LogP contribution in [-0.4, -0.2) is 27.5 Å². The van der Waals surface area contributed by atoms with Gasteiger partial charge in [-0.05, 0) is 38.0 Å².